The Morgan fingerprint density at radius 3 is 2.70 bits per heavy atom. The molecule has 1 amide bonds. The summed E-state index contributed by atoms with van der Waals surface area (Å²) >= 11 is 5.92. The number of carbonyl (C=O) groups is 1. The SMILES string of the molecule is O=C(Cc1ccc(F)cc1)N=Nc1c(O)[nH]c2ccc(Cl)cc12. The van der Waals surface area contributed by atoms with E-state index in [4.69, 9.17) is 11.6 Å². The molecule has 0 atom stereocenters. The van der Waals surface area contributed by atoms with E-state index in [2.05, 4.69) is 15.2 Å². The standard InChI is InChI=1S/C16H11ClFN3O2/c17-10-3-6-13-12(8-10)15(16(23)19-13)21-20-14(22)7-9-1-4-11(18)5-2-9/h1-6,8,19,23H,7H2. The van der Waals surface area contributed by atoms with Gasteiger partial charge in [0.15, 0.2) is 5.69 Å². The first-order valence-corrected chi connectivity index (χ1v) is 7.10. The number of nitrogens with zero attached hydrogens (tertiary/aromatic N) is 2. The number of nitrogens with one attached hydrogen (secondary N) is 1. The van der Waals surface area contributed by atoms with Crippen LogP contribution in [0.25, 0.3) is 10.9 Å². The number of carbonyl (C=O) groups excluding carboxylic acids is 1. The predicted molar refractivity (Wildman–Crippen MR) is 84.6 cm³/mol. The molecule has 0 fully saturated rings. The van der Waals surface area contributed by atoms with E-state index in [1.807, 2.05) is 0 Å². The van der Waals surface area contributed by atoms with Gasteiger partial charge in [0.05, 0.1) is 11.9 Å². The lowest BCUT2D eigenvalue weighted by Gasteiger charge is -1.96. The molecule has 0 radical (unpaired) electrons. The Morgan fingerprint density at radius 2 is 1.96 bits per heavy atom. The van der Waals surface area contributed by atoms with Crippen LogP contribution in [0.15, 0.2) is 52.7 Å². The lowest BCUT2D eigenvalue weighted by atomic mass is 10.1. The quantitative estimate of drug-likeness (QED) is 0.692. The minimum Gasteiger partial charge on any atom is -0.493 e. The van der Waals surface area contributed by atoms with Crippen LogP contribution in [-0.4, -0.2) is 16.0 Å². The molecule has 2 N–H and O–H groups in total. The molecule has 2 aromatic carbocycles. The van der Waals surface area contributed by atoms with Crippen molar-refractivity contribution in [2.75, 3.05) is 0 Å². The first-order chi connectivity index (χ1) is 11.0. The minimum absolute atomic E-state index is 0.00630. The van der Waals surface area contributed by atoms with Gasteiger partial charge in [0.1, 0.15) is 5.82 Å². The molecule has 1 aromatic heterocycles. The molecule has 5 nitrogen and oxygen atoms in total. The molecule has 0 spiro atoms. The van der Waals surface area contributed by atoms with Crippen LogP contribution in [0.5, 0.6) is 5.88 Å². The van der Waals surface area contributed by atoms with Crippen LogP contribution in [0.4, 0.5) is 10.1 Å². The number of hydrogen-bond acceptors (Lipinski definition) is 3. The van der Waals surface area contributed by atoms with Crippen LogP contribution in [0.1, 0.15) is 5.56 Å². The molecule has 3 rings (SSSR count). The lowest BCUT2D eigenvalue weighted by molar-refractivity contribution is -0.117. The number of aromatic nitrogens is 1. The summed E-state index contributed by atoms with van der Waals surface area (Å²) in [6, 6.07) is 10.5. The van der Waals surface area contributed by atoms with Crippen molar-refractivity contribution in [3.63, 3.8) is 0 Å². The number of halogens is 2. The largest absolute Gasteiger partial charge is 0.493 e. The molecular weight excluding hydrogens is 321 g/mol. The van der Waals surface area contributed by atoms with E-state index in [0.29, 0.717) is 21.5 Å². The van der Waals surface area contributed by atoms with Gasteiger partial charge in [-0.25, -0.2) is 4.39 Å². The van der Waals surface area contributed by atoms with Gasteiger partial charge >= 0.3 is 0 Å². The van der Waals surface area contributed by atoms with E-state index >= 15 is 0 Å². The van der Waals surface area contributed by atoms with E-state index in [0.717, 1.165) is 0 Å². The van der Waals surface area contributed by atoms with Crippen molar-refractivity contribution in [3.05, 3.63) is 58.9 Å². The number of aromatic hydroxyl groups is 1. The molecule has 0 saturated heterocycles. The molecule has 116 valence electrons. The number of H-pyrrole nitrogens is 1. The highest BCUT2D eigenvalue weighted by atomic mass is 35.5. The van der Waals surface area contributed by atoms with Crippen molar-refractivity contribution < 1.29 is 14.3 Å². The van der Waals surface area contributed by atoms with Gasteiger partial charge in [-0.1, -0.05) is 23.7 Å². The zero-order valence-electron chi connectivity index (χ0n) is 11.8. The third kappa shape index (κ3) is 3.37. The molecule has 1 heterocycles. The van der Waals surface area contributed by atoms with Crippen LogP contribution in [0.2, 0.25) is 5.02 Å². The minimum atomic E-state index is -0.507. The van der Waals surface area contributed by atoms with Gasteiger partial charge in [-0.2, -0.15) is 0 Å². The Bertz CT molecular complexity index is 904. The molecule has 0 aliphatic carbocycles. The third-order valence-corrected chi connectivity index (χ3v) is 3.48. The molecule has 7 heteroatoms. The smallest absolute Gasteiger partial charge is 0.269 e. The zero-order valence-corrected chi connectivity index (χ0v) is 12.5. The Morgan fingerprint density at radius 1 is 1.22 bits per heavy atom. The summed E-state index contributed by atoms with van der Waals surface area (Å²) in [7, 11) is 0. The molecule has 0 saturated carbocycles. The summed E-state index contributed by atoms with van der Waals surface area (Å²) in [5, 5.41) is 18.3. The second kappa shape index (κ2) is 6.18. The highest BCUT2D eigenvalue weighted by Crippen LogP contribution is 2.36. The van der Waals surface area contributed by atoms with Crippen molar-refractivity contribution in [1.29, 1.82) is 0 Å². The second-order valence-electron chi connectivity index (χ2n) is 4.91. The van der Waals surface area contributed by atoms with Gasteiger partial charge in [0.2, 0.25) is 5.88 Å². The fourth-order valence-electron chi connectivity index (χ4n) is 2.15. The van der Waals surface area contributed by atoms with E-state index in [9.17, 15) is 14.3 Å². The number of amides is 1. The van der Waals surface area contributed by atoms with Gasteiger partial charge in [-0.15, -0.1) is 10.2 Å². The molecule has 0 unspecified atom stereocenters. The molecule has 0 aliphatic rings. The fourth-order valence-corrected chi connectivity index (χ4v) is 2.33. The van der Waals surface area contributed by atoms with E-state index in [-0.39, 0.29) is 23.8 Å². The third-order valence-electron chi connectivity index (χ3n) is 3.24. The molecule has 0 bridgehead atoms. The van der Waals surface area contributed by atoms with Crippen LogP contribution in [0, 0.1) is 5.82 Å². The number of aromatic amines is 1. The monoisotopic (exact) mass is 331 g/mol. The first kappa shape index (κ1) is 15.2. The van der Waals surface area contributed by atoms with Crippen LogP contribution < -0.4 is 0 Å². The summed E-state index contributed by atoms with van der Waals surface area (Å²) in [5.41, 5.74) is 1.41. The Labute approximate surface area is 135 Å². The number of fused-ring (bicyclic) bond motifs is 1. The van der Waals surface area contributed by atoms with E-state index in [1.54, 1.807) is 18.2 Å². The Hall–Kier alpha value is -2.73. The van der Waals surface area contributed by atoms with Crippen molar-refractivity contribution in [2.24, 2.45) is 10.2 Å². The average molecular weight is 332 g/mol. The van der Waals surface area contributed by atoms with Gasteiger partial charge < -0.3 is 10.1 Å². The Balaban J connectivity index is 1.82. The summed E-state index contributed by atoms with van der Waals surface area (Å²) in [6.45, 7) is 0. The maximum Gasteiger partial charge on any atom is 0.269 e. The maximum absolute atomic E-state index is 12.8. The van der Waals surface area contributed by atoms with Crippen molar-refractivity contribution >= 4 is 34.1 Å². The van der Waals surface area contributed by atoms with Crippen molar-refractivity contribution in [1.82, 2.24) is 4.98 Å². The maximum atomic E-state index is 12.8. The molecule has 0 aliphatic heterocycles. The van der Waals surface area contributed by atoms with Gasteiger partial charge in [0, 0.05) is 10.4 Å². The number of hydrogen-bond donors (Lipinski definition) is 2. The summed E-state index contributed by atoms with van der Waals surface area (Å²) < 4.78 is 12.8. The number of benzene rings is 2. The molecular formula is C16H11ClFN3O2. The van der Waals surface area contributed by atoms with E-state index in [1.165, 1.54) is 24.3 Å². The van der Waals surface area contributed by atoms with Gasteiger partial charge in [-0.05, 0) is 35.9 Å². The summed E-state index contributed by atoms with van der Waals surface area (Å²) in [4.78, 5) is 14.6. The normalized spacial score (nSPS) is 11.4. The predicted octanol–water partition coefficient (Wildman–Crippen LogP) is 4.52. The zero-order chi connectivity index (χ0) is 16.4. The second-order valence-corrected chi connectivity index (χ2v) is 5.35. The number of azo groups is 1. The highest BCUT2D eigenvalue weighted by Gasteiger charge is 2.11. The Kier molecular flexibility index (Phi) is 4.08. The summed E-state index contributed by atoms with van der Waals surface area (Å²) in [6.07, 6.45) is -0.00630. The van der Waals surface area contributed by atoms with E-state index < -0.39 is 5.91 Å². The molecule has 3 aromatic rings. The van der Waals surface area contributed by atoms with Crippen LogP contribution in [-0.2, 0) is 11.2 Å². The van der Waals surface area contributed by atoms with Gasteiger partial charge in [0.25, 0.3) is 5.91 Å². The average Bonchev–Trinajstić information content (AvgIpc) is 2.82. The topological polar surface area (TPSA) is 77.8 Å². The lowest BCUT2D eigenvalue weighted by Crippen LogP contribution is -1.97. The van der Waals surface area contributed by atoms with Crippen LogP contribution >= 0.6 is 11.6 Å². The first-order valence-electron chi connectivity index (χ1n) is 6.72. The van der Waals surface area contributed by atoms with Gasteiger partial charge in [-0.3, -0.25) is 4.79 Å². The van der Waals surface area contributed by atoms with Crippen LogP contribution in [0.3, 0.4) is 0 Å². The number of rotatable bonds is 3. The van der Waals surface area contributed by atoms with Crippen molar-refractivity contribution in [3.8, 4) is 5.88 Å². The highest BCUT2D eigenvalue weighted by molar-refractivity contribution is 6.31. The molecule has 23 heavy (non-hydrogen) atoms. The van der Waals surface area contributed by atoms with Crippen molar-refractivity contribution in [2.45, 2.75) is 6.42 Å². The fraction of sp³-hybridized carbons (Fsp3) is 0.0625. The summed E-state index contributed by atoms with van der Waals surface area (Å²) in [5.74, 6) is -1.07.